The fourth-order valence-electron chi connectivity index (χ4n) is 1.70. The van der Waals surface area contributed by atoms with Crippen LogP contribution in [0.25, 0.3) is 0 Å². The van der Waals surface area contributed by atoms with Crippen molar-refractivity contribution in [2.45, 2.75) is 59.0 Å². The topological polar surface area (TPSA) is 24.9 Å². The van der Waals surface area contributed by atoms with Crippen molar-refractivity contribution in [2.24, 2.45) is 5.92 Å². The molecule has 3 heteroatoms. The molecule has 0 spiro atoms. The molecule has 0 aliphatic heterocycles. The van der Waals surface area contributed by atoms with E-state index in [9.17, 15) is 0 Å². The molecule has 90 valence electrons. The zero-order valence-electron chi connectivity index (χ0n) is 10.5. The first-order chi connectivity index (χ1) is 7.65. The van der Waals surface area contributed by atoms with E-state index in [2.05, 4.69) is 31.1 Å². The molecule has 0 aromatic carbocycles. The number of hydrogen-bond acceptors (Lipinski definition) is 3. The van der Waals surface area contributed by atoms with Gasteiger partial charge in [-0.25, -0.2) is 4.98 Å². The van der Waals surface area contributed by atoms with E-state index < -0.39 is 0 Å². The third-order valence-electron chi connectivity index (χ3n) is 3.00. The van der Waals surface area contributed by atoms with Gasteiger partial charge in [-0.3, -0.25) is 0 Å². The van der Waals surface area contributed by atoms with Crippen LogP contribution >= 0.6 is 11.3 Å². The van der Waals surface area contributed by atoms with Crippen LogP contribution in [0, 0.1) is 12.8 Å². The summed E-state index contributed by atoms with van der Waals surface area (Å²) in [6.07, 6.45) is 5.12. The fraction of sp³-hybridized carbons (Fsp3) is 0.769. The number of aromatic nitrogens is 1. The van der Waals surface area contributed by atoms with Gasteiger partial charge in [-0.05, 0) is 38.5 Å². The zero-order chi connectivity index (χ0) is 11.5. The molecule has 1 aliphatic rings. The van der Waals surface area contributed by atoms with Gasteiger partial charge in [0.15, 0.2) is 0 Å². The number of hydrogen-bond donors (Lipinski definition) is 1. The first-order valence-electron chi connectivity index (χ1n) is 6.33. The summed E-state index contributed by atoms with van der Waals surface area (Å²) < 4.78 is 0. The van der Waals surface area contributed by atoms with Crippen molar-refractivity contribution in [3.63, 3.8) is 0 Å². The number of thiazole rings is 1. The van der Waals surface area contributed by atoms with Crippen molar-refractivity contribution in [3.8, 4) is 0 Å². The van der Waals surface area contributed by atoms with Gasteiger partial charge in [-0.15, -0.1) is 11.3 Å². The lowest BCUT2D eigenvalue weighted by atomic mass is 10.1. The molecule has 0 unspecified atom stereocenters. The second-order valence-corrected chi connectivity index (χ2v) is 6.37. The van der Waals surface area contributed by atoms with Gasteiger partial charge >= 0.3 is 0 Å². The van der Waals surface area contributed by atoms with Crippen LogP contribution in [-0.4, -0.2) is 11.0 Å². The summed E-state index contributed by atoms with van der Waals surface area (Å²) >= 11 is 1.90. The second-order valence-electron chi connectivity index (χ2n) is 5.20. The Morgan fingerprint density at radius 1 is 1.44 bits per heavy atom. The van der Waals surface area contributed by atoms with Gasteiger partial charge in [0.05, 0.1) is 10.7 Å². The van der Waals surface area contributed by atoms with Gasteiger partial charge in [0.1, 0.15) is 0 Å². The lowest BCUT2D eigenvalue weighted by Gasteiger charge is -2.00. The highest BCUT2D eigenvalue weighted by molar-refractivity contribution is 7.11. The van der Waals surface area contributed by atoms with E-state index in [0.717, 1.165) is 24.9 Å². The fourth-order valence-corrected chi connectivity index (χ4v) is 2.73. The summed E-state index contributed by atoms with van der Waals surface area (Å²) in [4.78, 5) is 6.10. The average molecular weight is 238 g/mol. The van der Waals surface area contributed by atoms with Crippen molar-refractivity contribution >= 4 is 11.3 Å². The van der Waals surface area contributed by atoms with E-state index >= 15 is 0 Å². The predicted molar refractivity (Wildman–Crippen MR) is 69.9 cm³/mol. The Bertz CT molecular complexity index is 340. The van der Waals surface area contributed by atoms with Crippen LogP contribution in [0.1, 0.15) is 48.7 Å². The molecule has 0 atom stereocenters. The van der Waals surface area contributed by atoms with Crippen LogP contribution in [0.15, 0.2) is 0 Å². The normalized spacial score (nSPS) is 16.0. The molecular weight excluding hydrogens is 216 g/mol. The highest BCUT2D eigenvalue weighted by atomic mass is 32.1. The summed E-state index contributed by atoms with van der Waals surface area (Å²) in [6.45, 7) is 7.71. The molecule has 1 aromatic heterocycles. The largest absolute Gasteiger partial charge is 0.309 e. The molecule has 0 radical (unpaired) electrons. The van der Waals surface area contributed by atoms with Crippen LogP contribution in [0.5, 0.6) is 0 Å². The number of nitrogens with zero attached hydrogens (tertiary/aromatic N) is 1. The predicted octanol–water partition coefficient (Wildman–Crippen LogP) is 3.29. The highest BCUT2D eigenvalue weighted by Crippen LogP contribution is 2.23. The first kappa shape index (κ1) is 12.1. The smallest absolute Gasteiger partial charge is 0.0931 e. The maximum Gasteiger partial charge on any atom is 0.0931 e. The van der Waals surface area contributed by atoms with Crippen molar-refractivity contribution in [1.82, 2.24) is 10.3 Å². The van der Waals surface area contributed by atoms with Crippen LogP contribution in [0.3, 0.4) is 0 Å². The standard InChI is InChI=1S/C13H22N2S/c1-9(2)4-7-13-15-10(3)12(16-13)8-14-11-5-6-11/h9,11,14H,4-8H2,1-3H3. The molecule has 0 amide bonds. The average Bonchev–Trinajstić information content (AvgIpc) is 2.98. The summed E-state index contributed by atoms with van der Waals surface area (Å²) in [5.41, 5.74) is 1.23. The van der Waals surface area contributed by atoms with Gasteiger partial charge in [-0.1, -0.05) is 13.8 Å². The van der Waals surface area contributed by atoms with Crippen molar-refractivity contribution < 1.29 is 0 Å². The molecule has 16 heavy (non-hydrogen) atoms. The third-order valence-corrected chi connectivity index (χ3v) is 4.22. The Kier molecular flexibility index (Phi) is 3.98. The van der Waals surface area contributed by atoms with E-state index in [4.69, 9.17) is 0 Å². The lowest BCUT2D eigenvalue weighted by Crippen LogP contribution is -2.14. The Hall–Kier alpha value is -0.410. The summed E-state index contributed by atoms with van der Waals surface area (Å²) in [5, 5.41) is 4.88. The minimum Gasteiger partial charge on any atom is -0.309 e. The van der Waals surface area contributed by atoms with Gasteiger partial charge in [0.2, 0.25) is 0 Å². The zero-order valence-corrected chi connectivity index (χ0v) is 11.4. The summed E-state index contributed by atoms with van der Waals surface area (Å²) in [5.74, 6) is 0.775. The monoisotopic (exact) mass is 238 g/mol. The molecule has 0 saturated heterocycles. The van der Waals surface area contributed by atoms with E-state index in [1.54, 1.807) is 0 Å². The first-order valence-corrected chi connectivity index (χ1v) is 7.15. The summed E-state index contributed by atoms with van der Waals surface area (Å²) in [7, 11) is 0. The van der Waals surface area contributed by atoms with Crippen molar-refractivity contribution in [3.05, 3.63) is 15.6 Å². The van der Waals surface area contributed by atoms with Crippen molar-refractivity contribution in [1.29, 1.82) is 0 Å². The maximum atomic E-state index is 4.66. The van der Waals surface area contributed by atoms with Crippen LogP contribution < -0.4 is 5.32 Å². The molecule has 0 bridgehead atoms. The van der Waals surface area contributed by atoms with Gasteiger partial charge in [0.25, 0.3) is 0 Å². The van der Waals surface area contributed by atoms with E-state index in [-0.39, 0.29) is 0 Å². The number of aryl methyl sites for hydroxylation is 2. The minimum absolute atomic E-state index is 0.775. The van der Waals surface area contributed by atoms with E-state index in [0.29, 0.717) is 0 Å². The number of nitrogens with one attached hydrogen (secondary N) is 1. The Morgan fingerprint density at radius 2 is 2.19 bits per heavy atom. The minimum atomic E-state index is 0.775. The Balaban J connectivity index is 1.86. The summed E-state index contributed by atoms with van der Waals surface area (Å²) in [6, 6.07) is 0.792. The molecule has 2 nitrogen and oxygen atoms in total. The molecule has 1 saturated carbocycles. The molecule has 1 aliphatic carbocycles. The molecule has 2 rings (SSSR count). The molecule has 1 N–H and O–H groups in total. The number of rotatable bonds is 6. The van der Waals surface area contributed by atoms with E-state index in [1.807, 2.05) is 11.3 Å². The van der Waals surface area contributed by atoms with Gasteiger partial charge in [0, 0.05) is 17.5 Å². The quantitative estimate of drug-likeness (QED) is 0.822. The lowest BCUT2D eigenvalue weighted by molar-refractivity contribution is 0.585. The van der Waals surface area contributed by atoms with E-state index in [1.165, 1.54) is 34.8 Å². The molecular formula is C13H22N2S. The SMILES string of the molecule is Cc1nc(CCC(C)C)sc1CNC1CC1. The molecule has 1 heterocycles. The molecule has 1 fully saturated rings. The van der Waals surface area contributed by atoms with Gasteiger partial charge in [-0.2, -0.15) is 0 Å². The van der Waals surface area contributed by atoms with Crippen molar-refractivity contribution in [2.75, 3.05) is 0 Å². The van der Waals surface area contributed by atoms with Crippen LogP contribution in [0.2, 0.25) is 0 Å². The second kappa shape index (κ2) is 5.28. The highest BCUT2D eigenvalue weighted by Gasteiger charge is 2.20. The van der Waals surface area contributed by atoms with Crippen LogP contribution in [-0.2, 0) is 13.0 Å². The van der Waals surface area contributed by atoms with Crippen LogP contribution in [0.4, 0.5) is 0 Å². The maximum absolute atomic E-state index is 4.66. The third kappa shape index (κ3) is 3.56. The van der Waals surface area contributed by atoms with Gasteiger partial charge < -0.3 is 5.32 Å². The Morgan fingerprint density at radius 3 is 2.81 bits per heavy atom. The molecule has 1 aromatic rings. The Labute approximate surface area is 102 Å².